The summed E-state index contributed by atoms with van der Waals surface area (Å²) in [5.41, 5.74) is 1.91. The Hall–Kier alpha value is -2.89. The molecule has 2 amide bonds. The fourth-order valence-electron chi connectivity index (χ4n) is 2.05. The molecule has 0 spiro atoms. The van der Waals surface area contributed by atoms with Crippen LogP contribution in [-0.2, 0) is 17.8 Å². The molecule has 0 unspecified atom stereocenters. The van der Waals surface area contributed by atoms with Gasteiger partial charge in [-0.05, 0) is 56.2 Å². The van der Waals surface area contributed by atoms with Crippen LogP contribution in [0.15, 0.2) is 48.8 Å². The van der Waals surface area contributed by atoms with Gasteiger partial charge in [-0.2, -0.15) is 0 Å². The third kappa shape index (κ3) is 6.63. The molecule has 0 fully saturated rings. The summed E-state index contributed by atoms with van der Waals surface area (Å²) in [5.74, 6) is -0.150. The number of rotatable bonds is 5. The molecule has 2 aromatic rings. The van der Waals surface area contributed by atoms with E-state index in [0.717, 1.165) is 11.1 Å². The predicted octanol–water partition coefficient (Wildman–Crippen LogP) is 3.04. The molecule has 2 rings (SSSR count). The quantitative estimate of drug-likeness (QED) is 0.876. The van der Waals surface area contributed by atoms with Crippen molar-refractivity contribution in [1.29, 1.82) is 0 Å². The summed E-state index contributed by atoms with van der Waals surface area (Å²) in [6, 6.07) is 10.8. The molecule has 6 heteroatoms. The molecule has 0 atom stereocenters. The number of nitrogens with zero attached hydrogens (tertiary/aromatic N) is 1. The Kier molecular flexibility index (Phi) is 6.11. The minimum atomic E-state index is -0.527. The van der Waals surface area contributed by atoms with E-state index in [1.807, 2.05) is 32.9 Å². The number of amides is 2. The van der Waals surface area contributed by atoms with Crippen LogP contribution in [0.25, 0.3) is 0 Å². The van der Waals surface area contributed by atoms with E-state index < -0.39 is 11.7 Å². The summed E-state index contributed by atoms with van der Waals surface area (Å²) in [4.78, 5) is 27.7. The minimum Gasteiger partial charge on any atom is -0.444 e. The molecular weight excluding hydrogens is 318 g/mol. The van der Waals surface area contributed by atoms with Crippen molar-refractivity contribution in [2.75, 3.05) is 0 Å². The molecule has 132 valence electrons. The van der Waals surface area contributed by atoms with Crippen molar-refractivity contribution in [3.05, 3.63) is 65.5 Å². The van der Waals surface area contributed by atoms with Crippen molar-refractivity contribution in [3.8, 4) is 0 Å². The zero-order valence-electron chi connectivity index (χ0n) is 14.7. The molecular formula is C19H23N3O3. The Balaban J connectivity index is 1.82. The zero-order chi connectivity index (χ0) is 18.3. The van der Waals surface area contributed by atoms with E-state index in [2.05, 4.69) is 15.6 Å². The largest absolute Gasteiger partial charge is 0.444 e. The molecule has 0 aliphatic rings. The van der Waals surface area contributed by atoms with Crippen molar-refractivity contribution in [1.82, 2.24) is 15.6 Å². The van der Waals surface area contributed by atoms with E-state index in [1.54, 1.807) is 36.7 Å². The molecule has 25 heavy (non-hydrogen) atoms. The number of carbonyl (C=O) groups excluding carboxylic acids is 2. The number of carbonyl (C=O) groups is 2. The molecule has 1 aromatic heterocycles. The van der Waals surface area contributed by atoms with Crippen molar-refractivity contribution in [3.63, 3.8) is 0 Å². The van der Waals surface area contributed by atoms with Crippen molar-refractivity contribution in [2.45, 2.75) is 39.5 Å². The molecule has 0 saturated heterocycles. The van der Waals surface area contributed by atoms with Gasteiger partial charge in [-0.25, -0.2) is 4.79 Å². The molecule has 0 bridgehead atoms. The second-order valence-electron chi connectivity index (χ2n) is 6.59. The van der Waals surface area contributed by atoms with Gasteiger partial charge in [0.1, 0.15) is 5.60 Å². The maximum atomic E-state index is 12.1. The second kappa shape index (κ2) is 8.28. The number of hydrogen-bond acceptors (Lipinski definition) is 4. The Morgan fingerprint density at radius 3 is 2.08 bits per heavy atom. The van der Waals surface area contributed by atoms with Gasteiger partial charge in [0.05, 0.1) is 0 Å². The highest BCUT2D eigenvalue weighted by atomic mass is 16.6. The van der Waals surface area contributed by atoms with Crippen molar-refractivity contribution in [2.24, 2.45) is 0 Å². The molecule has 0 saturated carbocycles. The van der Waals surface area contributed by atoms with Gasteiger partial charge in [-0.15, -0.1) is 0 Å². The maximum Gasteiger partial charge on any atom is 0.407 e. The van der Waals surface area contributed by atoms with E-state index in [0.29, 0.717) is 18.7 Å². The lowest BCUT2D eigenvalue weighted by Crippen LogP contribution is -2.32. The highest BCUT2D eigenvalue weighted by molar-refractivity contribution is 5.94. The van der Waals surface area contributed by atoms with Crippen LogP contribution in [0.2, 0.25) is 0 Å². The van der Waals surface area contributed by atoms with Crippen LogP contribution in [0.1, 0.15) is 42.3 Å². The first-order valence-corrected chi connectivity index (χ1v) is 8.06. The van der Waals surface area contributed by atoms with Gasteiger partial charge in [0.2, 0.25) is 0 Å². The highest BCUT2D eigenvalue weighted by Gasteiger charge is 2.15. The number of hydrogen-bond donors (Lipinski definition) is 2. The first-order valence-electron chi connectivity index (χ1n) is 8.06. The molecule has 1 aromatic carbocycles. The zero-order valence-corrected chi connectivity index (χ0v) is 14.7. The van der Waals surface area contributed by atoms with Crippen LogP contribution in [0.4, 0.5) is 4.79 Å². The first kappa shape index (κ1) is 18.4. The number of benzene rings is 1. The fraction of sp³-hybridized carbons (Fsp3) is 0.316. The lowest BCUT2D eigenvalue weighted by atomic mass is 10.1. The Bertz CT molecular complexity index is 707. The van der Waals surface area contributed by atoms with Crippen LogP contribution in [-0.4, -0.2) is 22.6 Å². The van der Waals surface area contributed by atoms with Gasteiger partial charge in [0, 0.05) is 31.0 Å². The third-order valence-corrected chi connectivity index (χ3v) is 3.25. The van der Waals surface area contributed by atoms with Gasteiger partial charge in [0.25, 0.3) is 5.91 Å². The van der Waals surface area contributed by atoms with Crippen LogP contribution in [0.5, 0.6) is 0 Å². The number of pyridine rings is 1. The second-order valence-corrected chi connectivity index (χ2v) is 6.59. The highest BCUT2D eigenvalue weighted by Crippen LogP contribution is 2.08. The number of nitrogens with one attached hydrogen (secondary N) is 2. The summed E-state index contributed by atoms with van der Waals surface area (Å²) in [6.07, 6.45) is 2.91. The topological polar surface area (TPSA) is 80.3 Å². The molecule has 0 radical (unpaired) electrons. The van der Waals surface area contributed by atoms with Gasteiger partial charge in [-0.1, -0.05) is 12.1 Å². The first-order chi connectivity index (χ1) is 11.8. The van der Waals surface area contributed by atoms with Crippen LogP contribution in [0.3, 0.4) is 0 Å². The number of ether oxygens (including phenoxy) is 1. The van der Waals surface area contributed by atoms with Crippen LogP contribution >= 0.6 is 0 Å². The van der Waals surface area contributed by atoms with E-state index in [9.17, 15) is 9.59 Å². The molecule has 0 aliphatic heterocycles. The normalized spacial score (nSPS) is 10.8. The van der Waals surface area contributed by atoms with Gasteiger partial charge < -0.3 is 15.4 Å². The SMILES string of the molecule is CC(C)(C)OC(=O)NCc1ccc(C(=O)NCc2ccncc2)cc1. The van der Waals surface area contributed by atoms with Gasteiger partial charge in [0.15, 0.2) is 0 Å². The Morgan fingerprint density at radius 2 is 1.48 bits per heavy atom. The summed E-state index contributed by atoms with van der Waals surface area (Å²) in [5, 5.41) is 5.54. The standard InChI is InChI=1S/C19H23N3O3/c1-19(2,3)25-18(24)22-13-14-4-6-16(7-5-14)17(23)21-12-15-8-10-20-11-9-15/h4-11H,12-13H2,1-3H3,(H,21,23)(H,22,24). The minimum absolute atomic E-state index is 0.150. The molecule has 0 aliphatic carbocycles. The van der Waals surface area contributed by atoms with Crippen LogP contribution < -0.4 is 10.6 Å². The van der Waals surface area contributed by atoms with Gasteiger partial charge in [-0.3, -0.25) is 9.78 Å². The smallest absolute Gasteiger partial charge is 0.407 e. The fourth-order valence-corrected chi connectivity index (χ4v) is 2.05. The Labute approximate surface area is 147 Å². The van der Waals surface area contributed by atoms with Gasteiger partial charge >= 0.3 is 6.09 Å². The predicted molar refractivity (Wildman–Crippen MR) is 94.9 cm³/mol. The summed E-state index contributed by atoms with van der Waals surface area (Å²) in [7, 11) is 0. The Morgan fingerprint density at radius 1 is 0.920 bits per heavy atom. The van der Waals surface area contributed by atoms with E-state index in [-0.39, 0.29) is 5.91 Å². The summed E-state index contributed by atoms with van der Waals surface area (Å²) < 4.78 is 5.18. The van der Waals surface area contributed by atoms with E-state index >= 15 is 0 Å². The monoisotopic (exact) mass is 341 g/mol. The van der Waals surface area contributed by atoms with E-state index in [1.165, 1.54) is 0 Å². The third-order valence-electron chi connectivity index (χ3n) is 3.25. The average molecular weight is 341 g/mol. The maximum absolute atomic E-state index is 12.1. The number of alkyl carbamates (subject to hydrolysis) is 1. The van der Waals surface area contributed by atoms with Crippen molar-refractivity contribution >= 4 is 12.0 Å². The molecule has 2 N–H and O–H groups in total. The lowest BCUT2D eigenvalue weighted by molar-refractivity contribution is 0.0523. The summed E-state index contributed by atoms with van der Waals surface area (Å²) >= 11 is 0. The van der Waals surface area contributed by atoms with Crippen LogP contribution in [0, 0.1) is 0 Å². The average Bonchev–Trinajstić information content (AvgIpc) is 2.58. The number of aromatic nitrogens is 1. The molecule has 1 heterocycles. The summed E-state index contributed by atoms with van der Waals surface area (Å²) in [6.45, 7) is 6.22. The van der Waals surface area contributed by atoms with E-state index in [4.69, 9.17) is 4.74 Å². The lowest BCUT2D eigenvalue weighted by Gasteiger charge is -2.19. The van der Waals surface area contributed by atoms with Crippen molar-refractivity contribution < 1.29 is 14.3 Å². The molecule has 6 nitrogen and oxygen atoms in total.